The predicted molar refractivity (Wildman–Crippen MR) is 126 cm³/mol. The number of hydrogen-bond acceptors (Lipinski definition) is 4. The zero-order chi connectivity index (χ0) is 25.0. The Morgan fingerprint density at radius 3 is 2.61 bits per heavy atom. The number of nitrogens with one attached hydrogen (secondary N) is 1. The number of aromatic amines is 1. The van der Waals surface area contributed by atoms with Gasteiger partial charge in [-0.3, -0.25) is 14.5 Å². The van der Waals surface area contributed by atoms with Gasteiger partial charge in [0.25, 0.3) is 11.8 Å². The lowest BCUT2D eigenvalue weighted by atomic mass is 10.1. The molecule has 8 heteroatoms. The fourth-order valence-corrected chi connectivity index (χ4v) is 2.81. The summed E-state index contributed by atoms with van der Waals surface area (Å²) in [5, 5.41) is 9.57. The lowest BCUT2D eigenvalue weighted by molar-refractivity contribution is -0.153. The lowest BCUT2D eigenvalue weighted by Crippen LogP contribution is -2.46. The normalized spacial score (nSPS) is 13.0. The van der Waals surface area contributed by atoms with Crippen molar-refractivity contribution < 1.29 is 23.9 Å². The predicted octanol–water partition coefficient (Wildman–Crippen LogP) is 4.50. The van der Waals surface area contributed by atoms with Crippen LogP contribution in [0.25, 0.3) is 11.0 Å². The van der Waals surface area contributed by atoms with E-state index in [1.165, 1.54) is 24.3 Å². The Morgan fingerprint density at radius 1 is 1.33 bits per heavy atom. The van der Waals surface area contributed by atoms with Crippen molar-refractivity contribution >= 4 is 28.8 Å². The van der Waals surface area contributed by atoms with E-state index in [4.69, 9.17) is 0 Å². The number of aliphatic carboxylic acids is 1. The average molecular weight is 454 g/mol. The van der Waals surface area contributed by atoms with Crippen molar-refractivity contribution in [2.24, 2.45) is 0 Å². The number of carbonyl (C=O) groups excluding carboxylic acids is 2. The van der Waals surface area contributed by atoms with Gasteiger partial charge in [0, 0.05) is 12.5 Å². The minimum absolute atomic E-state index is 0.0447. The number of fused-ring (bicyclic) bond motifs is 1. The minimum Gasteiger partial charge on any atom is -0.480 e. The molecule has 2 N–H and O–H groups in total. The third-order valence-electron chi connectivity index (χ3n) is 4.10. The number of nitrogens with zero attached hydrogens (tertiary/aromatic N) is 2. The first-order valence-corrected chi connectivity index (χ1v) is 10.4. The van der Waals surface area contributed by atoms with Crippen LogP contribution >= 0.6 is 0 Å². The van der Waals surface area contributed by atoms with Gasteiger partial charge >= 0.3 is 5.97 Å². The molecule has 0 radical (unpaired) electrons. The second-order valence-corrected chi connectivity index (χ2v) is 6.46. The maximum atomic E-state index is 13.3. The van der Waals surface area contributed by atoms with Crippen molar-refractivity contribution in [2.45, 2.75) is 39.7 Å². The largest absolute Gasteiger partial charge is 0.480 e. The molecule has 7 nitrogen and oxygen atoms in total. The fourth-order valence-electron chi connectivity index (χ4n) is 2.81. The van der Waals surface area contributed by atoms with E-state index in [2.05, 4.69) is 28.9 Å². The first kappa shape index (κ1) is 27.0. The number of allylic oxidation sites excluding steroid dienone is 2. The van der Waals surface area contributed by atoms with Gasteiger partial charge in [-0.05, 0) is 43.7 Å². The van der Waals surface area contributed by atoms with Crippen molar-refractivity contribution in [3.63, 3.8) is 0 Å². The number of carboxylic acid groups (broad SMARTS) is 1. The molecule has 0 aliphatic carbocycles. The van der Waals surface area contributed by atoms with E-state index in [-0.39, 0.29) is 17.8 Å². The van der Waals surface area contributed by atoms with Crippen LogP contribution in [0.15, 0.2) is 73.0 Å². The van der Waals surface area contributed by atoms with E-state index in [0.29, 0.717) is 22.4 Å². The molecule has 1 unspecified atom stereocenters. The summed E-state index contributed by atoms with van der Waals surface area (Å²) in [5.74, 6) is -3.04. The topological polar surface area (TPSA) is 103 Å². The fraction of sp³-hybridized carbons (Fsp3) is 0.240. The van der Waals surface area contributed by atoms with Crippen molar-refractivity contribution in [3.8, 4) is 0 Å². The van der Waals surface area contributed by atoms with E-state index in [1.54, 1.807) is 18.2 Å². The molecule has 1 aliphatic rings. The van der Waals surface area contributed by atoms with Crippen molar-refractivity contribution in [3.05, 3.63) is 84.7 Å². The van der Waals surface area contributed by atoms with Gasteiger partial charge in [0.2, 0.25) is 0 Å². The molecule has 0 bridgehead atoms. The summed E-state index contributed by atoms with van der Waals surface area (Å²) in [6.07, 6.45) is 7.72. The number of hydrogen-bond donors (Lipinski definition) is 2. The molecule has 0 spiro atoms. The van der Waals surface area contributed by atoms with Gasteiger partial charge in [-0.1, -0.05) is 26.0 Å². The smallest absolute Gasteiger partial charge is 0.327 e. The Hall–Kier alpha value is -4.03. The average Bonchev–Trinajstić information content (AvgIpc) is 3.30. The van der Waals surface area contributed by atoms with Crippen LogP contribution in [0, 0.1) is 5.82 Å². The molecule has 2 amide bonds. The number of carbonyl (C=O) groups is 3. The molecule has 1 aromatic heterocycles. The number of carboxylic acids is 1. The monoisotopic (exact) mass is 453 g/mol. The van der Waals surface area contributed by atoms with E-state index < -0.39 is 29.6 Å². The highest BCUT2D eigenvalue weighted by Crippen LogP contribution is 2.21. The van der Waals surface area contributed by atoms with Crippen LogP contribution in [-0.4, -0.2) is 43.8 Å². The zero-order valence-electron chi connectivity index (χ0n) is 19.0. The SMILES string of the molecule is C=CC.C=CCC=C=CC1=CC(=O)N(C(Cc2nc3ccc(F)cc3[nH]2)C(=O)O)C1=O.CC. The Morgan fingerprint density at radius 2 is 2.00 bits per heavy atom. The highest BCUT2D eigenvalue weighted by Gasteiger charge is 2.39. The minimum atomic E-state index is -1.45. The second-order valence-electron chi connectivity index (χ2n) is 6.46. The van der Waals surface area contributed by atoms with Gasteiger partial charge in [-0.15, -0.1) is 18.9 Å². The number of H-pyrrole nitrogens is 1. The summed E-state index contributed by atoms with van der Waals surface area (Å²) in [5.41, 5.74) is 3.64. The number of amides is 2. The summed E-state index contributed by atoms with van der Waals surface area (Å²) in [6, 6.07) is 2.46. The zero-order valence-corrected chi connectivity index (χ0v) is 19.0. The van der Waals surface area contributed by atoms with Crippen molar-refractivity contribution in [1.82, 2.24) is 14.9 Å². The Balaban J connectivity index is 0.00000101. The Kier molecular flexibility index (Phi) is 11.0. The van der Waals surface area contributed by atoms with Crippen molar-refractivity contribution in [2.75, 3.05) is 0 Å². The number of aromatic nitrogens is 2. The first-order chi connectivity index (χ1) is 15.8. The number of imide groups is 1. The van der Waals surface area contributed by atoms with Gasteiger partial charge in [-0.2, -0.15) is 0 Å². The first-order valence-electron chi connectivity index (χ1n) is 10.4. The lowest BCUT2D eigenvalue weighted by Gasteiger charge is -2.21. The van der Waals surface area contributed by atoms with E-state index in [0.717, 1.165) is 6.08 Å². The quantitative estimate of drug-likeness (QED) is 0.365. The highest BCUT2D eigenvalue weighted by atomic mass is 19.1. The van der Waals surface area contributed by atoms with Crippen LogP contribution in [0.4, 0.5) is 4.39 Å². The van der Waals surface area contributed by atoms with Crippen LogP contribution < -0.4 is 0 Å². The standard InChI is InChI=1S/C20H16FN3O4.C3H6.C2H6/c1-2-3-4-5-6-12-9-18(25)24(19(12)26)16(20(27)28)11-17-22-14-8-7-13(21)10-15(14)23-17;1-3-2;1-2/h2,4,6-10,16H,1,3,11H2,(H,22,23)(H,27,28);3H,1H2,2H3;1-2H3. The molecular formula is C25H28FN3O4. The molecule has 2 heterocycles. The van der Waals surface area contributed by atoms with Crippen LogP contribution in [0.3, 0.4) is 0 Å². The second kappa shape index (κ2) is 13.4. The van der Waals surface area contributed by atoms with Gasteiger partial charge < -0.3 is 10.1 Å². The number of benzene rings is 1. The summed E-state index contributed by atoms with van der Waals surface area (Å²) in [6.45, 7) is 12.8. The number of imidazole rings is 1. The summed E-state index contributed by atoms with van der Waals surface area (Å²) < 4.78 is 13.3. The summed E-state index contributed by atoms with van der Waals surface area (Å²) >= 11 is 0. The molecular weight excluding hydrogens is 425 g/mol. The molecule has 1 atom stereocenters. The van der Waals surface area contributed by atoms with Crippen LogP contribution in [0.2, 0.25) is 0 Å². The molecule has 33 heavy (non-hydrogen) atoms. The summed E-state index contributed by atoms with van der Waals surface area (Å²) in [4.78, 5) is 44.2. The van der Waals surface area contributed by atoms with Gasteiger partial charge in [-0.25, -0.2) is 14.2 Å². The molecule has 1 aliphatic heterocycles. The number of halogens is 1. The van der Waals surface area contributed by atoms with Gasteiger partial charge in [0.1, 0.15) is 17.7 Å². The highest BCUT2D eigenvalue weighted by molar-refractivity contribution is 6.19. The Labute approximate surface area is 192 Å². The molecule has 3 rings (SSSR count). The van der Waals surface area contributed by atoms with Crippen LogP contribution in [0.1, 0.15) is 33.0 Å². The maximum absolute atomic E-state index is 13.3. The van der Waals surface area contributed by atoms with E-state index in [1.807, 2.05) is 20.8 Å². The molecule has 0 saturated carbocycles. The van der Waals surface area contributed by atoms with Crippen molar-refractivity contribution in [1.29, 1.82) is 0 Å². The van der Waals surface area contributed by atoms with E-state index >= 15 is 0 Å². The molecule has 0 saturated heterocycles. The molecule has 0 fully saturated rings. The van der Waals surface area contributed by atoms with E-state index in [9.17, 15) is 23.9 Å². The molecule has 2 aromatic rings. The van der Waals surface area contributed by atoms with Crippen LogP contribution in [-0.2, 0) is 20.8 Å². The molecule has 1 aromatic carbocycles. The van der Waals surface area contributed by atoms with Gasteiger partial charge in [0.05, 0.1) is 16.6 Å². The Bertz CT molecular complexity index is 1120. The van der Waals surface area contributed by atoms with Crippen LogP contribution in [0.5, 0.6) is 0 Å². The third kappa shape index (κ3) is 7.26. The third-order valence-corrected chi connectivity index (χ3v) is 4.10. The number of rotatable bonds is 7. The van der Waals surface area contributed by atoms with Gasteiger partial charge in [0.15, 0.2) is 0 Å². The maximum Gasteiger partial charge on any atom is 0.327 e. The summed E-state index contributed by atoms with van der Waals surface area (Å²) in [7, 11) is 0. The molecule has 174 valence electrons.